The number of carbonyl (C=O) groups excluding carboxylic acids is 1. The predicted molar refractivity (Wildman–Crippen MR) is 93.7 cm³/mol. The van der Waals surface area contributed by atoms with Gasteiger partial charge >= 0.3 is 6.09 Å². The summed E-state index contributed by atoms with van der Waals surface area (Å²) in [4.78, 5) is 14.5. The van der Waals surface area contributed by atoms with E-state index in [0.717, 1.165) is 25.9 Å². The Hall–Kier alpha value is -0.810. The number of likely N-dealkylation sites (N-methyl/N-ethyl adjacent to an activating group) is 1. The molecular weight excluding hydrogens is 290 g/mol. The third-order valence-electron chi connectivity index (χ3n) is 4.82. The van der Waals surface area contributed by atoms with Gasteiger partial charge in [0.1, 0.15) is 5.60 Å². The molecule has 5 heteroatoms. The molecule has 2 rings (SSSR count). The summed E-state index contributed by atoms with van der Waals surface area (Å²) in [6.07, 6.45) is 6.75. The summed E-state index contributed by atoms with van der Waals surface area (Å²) in [5, 5.41) is 6.89. The average molecular weight is 325 g/mol. The molecule has 0 aromatic carbocycles. The van der Waals surface area contributed by atoms with Gasteiger partial charge in [-0.2, -0.15) is 0 Å². The van der Waals surface area contributed by atoms with E-state index in [2.05, 4.69) is 22.5 Å². The number of alkyl carbamates (subject to hydrolysis) is 1. The molecule has 1 saturated heterocycles. The molecular formula is C18H35N3O2. The van der Waals surface area contributed by atoms with E-state index in [-0.39, 0.29) is 12.1 Å². The lowest BCUT2D eigenvalue weighted by molar-refractivity contribution is 0.0486. The maximum absolute atomic E-state index is 11.9. The Bertz CT molecular complexity index is 381. The van der Waals surface area contributed by atoms with Crippen molar-refractivity contribution < 1.29 is 9.53 Å². The lowest BCUT2D eigenvalue weighted by Gasteiger charge is -2.37. The molecule has 3 unspecified atom stereocenters. The van der Waals surface area contributed by atoms with Gasteiger partial charge in [-0.1, -0.05) is 6.92 Å². The molecule has 1 heterocycles. The second-order valence-electron chi connectivity index (χ2n) is 8.11. The van der Waals surface area contributed by atoms with Crippen LogP contribution < -0.4 is 10.6 Å². The van der Waals surface area contributed by atoms with Gasteiger partial charge in [0.25, 0.3) is 0 Å². The summed E-state index contributed by atoms with van der Waals surface area (Å²) in [6, 6.07) is 1.36. The topological polar surface area (TPSA) is 53.6 Å². The minimum atomic E-state index is -0.428. The monoisotopic (exact) mass is 325 g/mol. The first-order chi connectivity index (χ1) is 10.9. The minimum Gasteiger partial charge on any atom is -0.444 e. The Kier molecular flexibility index (Phi) is 6.72. The summed E-state index contributed by atoms with van der Waals surface area (Å²) in [5.74, 6) is 0. The van der Waals surface area contributed by atoms with Crippen LogP contribution in [-0.4, -0.2) is 54.4 Å². The molecule has 0 bridgehead atoms. The second-order valence-corrected chi connectivity index (χ2v) is 8.11. The largest absolute Gasteiger partial charge is 0.444 e. The zero-order valence-corrected chi connectivity index (χ0v) is 15.4. The number of amides is 1. The molecule has 0 aromatic rings. The zero-order valence-electron chi connectivity index (χ0n) is 15.4. The smallest absolute Gasteiger partial charge is 0.407 e. The van der Waals surface area contributed by atoms with Gasteiger partial charge in [-0.15, -0.1) is 0 Å². The molecule has 23 heavy (non-hydrogen) atoms. The molecule has 2 fully saturated rings. The average Bonchev–Trinajstić information content (AvgIpc) is 2.45. The molecule has 0 aromatic heterocycles. The van der Waals surface area contributed by atoms with E-state index in [1.54, 1.807) is 0 Å². The van der Waals surface area contributed by atoms with Gasteiger partial charge in [-0.25, -0.2) is 4.79 Å². The van der Waals surface area contributed by atoms with Crippen LogP contribution in [0.25, 0.3) is 0 Å². The standard InChI is InChI=1S/C18H35N3O2/c1-5-21-11-7-10-16(13-21)19-14-8-6-9-15(12-14)20-17(22)23-18(2,3)4/h14-16,19H,5-13H2,1-4H3,(H,20,22). The van der Waals surface area contributed by atoms with Crippen LogP contribution in [0.3, 0.4) is 0 Å². The minimum absolute atomic E-state index is 0.238. The van der Waals surface area contributed by atoms with Gasteiger partial charge in [0.15, 0.2) is 0 Å². The third-order valence-corrected chi connectivity index (χ3v) is 4.82. The van der Waals surface area contributed by atoms with Crippen molar-refractivity contribution in [3.63, 3.8) is 0 Å². The third kappa shape index (κ3) is 6.68. The predicted octanol–water partition coefficient (Wildman–Crippen LogP) is 2.90. The molecule has 0 radical (unpaired) electrons. The Morgan fingerprint density at radius 2 is 1.83 bits per heavy atom. The first-order valence-corrected chi connectivity index (χ1v) is 9.33. The number of hydrogen-bond donors (Lipinski definition) is 2. The number of likely N-dealkylation sites (tertiary alicyclic amines) is 1. The Morgan fingerprint density at radius 3 is 2.52 bits per heavy atom. The van der Waals surface area contributed by atoms with E-state index in [9.17, 15) is 4.79 Å². The van der Waals surface area contributed by atoms with Crippen LogP contribution in [-0.2, 0) is 4.74 Å². The molecule has 1 saturated carbocycles. The molecule has 5 nitrogen and oxygen atoms in total. The van der Waals surface area contributed by atoms with E-state index >= 15 is 0 Å². The van der Waals surface area contributed by atoms with Gasteiger partial charge in [0, 0.05) is 24.7 Å². The summed E-state index contributed by atoms with van der Waals surface area (Å²) in [6.45, 7) is 11.5. The van der Waals surface area contributed by atoms with Crippen molar-refractivity contribution in [3.05, 3.63) is 0 Å². The normalized spacial score (nSPS) is 30.0. The van der Waals surface area contributed by atoms with E-state index in [1.165, 1.54) is 32.2 Å². The lowest BCUT2D eigenvalue weighted by Crippen LogP contribution is -2.52. The quantitative estimate of drug-likeness (QED) is 0.834. The number of hydrogen-bond acceptors (Lipinski definition) is 4. The van der Waals surface area contributed by atoms with Crippen LogP contribution in [0.15, 0.2) is 0 Å². The Morgan fingerprint density at radius 1 is 1.13 bits per heavy atom. The summed E-state index contributed by atoms with van der Waals surface area (Å²) < 4.78 is 5.38. The molecule has 1 amide bonds. The SMILES string of the molecule is CCN1CCCC(NC2CCCC(NC(=O)OC(C)(C)C)C2)C1. The molecule has 3 atom stereocenters. The van der Waals surface area contributed by atoms with Crippen molar-refractivity contribution in [3.8, 4) is 0 Å². The summed E-state index contributed by atoms with van der Waals surface area (Å²) in [5.41, 5.74) is -0.428. The van der Waals surface area contributed by atoms with Crippen molar-refractivity contribution in [1.82, 2.24) is 15.5 Å². The fourth-order valence-electron chi connectivity index (χ4n) is 3.76. The number of nitrogens with zero attached hydrogens (tertiary/aromatic N) is 1. The molecule has 1 aliphatic carbocycles. The summed E-state index contributed by atoms with van der Waals surface area (Å²) >= 11 is 0. The second kappa shape index (κ2) is 8.34. The number of piperidine rings is 1. The van der Waals surface area contributed by atoms with Crippen LogP contribution in [0.4, 0.5) is 4.79 Å². The molecule has 0 spiro atoms. The summed E-state index contributed by atoms with van der Waals surface area (Å²) in [7, 11) is 0. The van der Waals surface area contributed by atoms with Gasteiger partial charge < -0.3 is 20.3 Å². The highest BCUT2D eigenvalue weighted by Crippen LogP contribution is 2.21. The molecule has 2 N–H and O–H groups in total. The van der Waals surface area contributed by atoms with Crippen LogP contribution in [0.2, 0.25) is 0 Å². The van der Waals surface area contributed by atoms with Gasteiger partial charge in [-0.05, 0) is 72.4 Å². The fraction of sp³-hybridized carbons (Fsp3) is 0.944. The fourth-order valence-corrected chi connectivity index (χ4v) is 3.76. The van der Waals surface area contributed by atoms with Crippen LogP contribution in [0, 0.1) is 0 Å². The van der Waals surface area contributed by atoms with E-state index in [4.69, 9.17) is 4.74 Å². The van der Waals surface area contributed by atoms with Gasteiger partial charge in [-0.3, -0.25) is 0 Å². The maximum Gasteiger partial charge on any atom is 0.407 e. The Labute approximate surface area is 141 Å². The number of nitrogens with one attached hydrogen (secondary N) is 2. The van der Waals surface area contributed by atoms with E-state index in [0.29, 0.717) is 12.1 Å². The Balaban J connectivity index is 1.75. The number of carbonyl (C=O) groups is 1. The first-order valence-electron chi connectivity index (χ1n) is 9.33. The van der Waals surface area contributed by atoms with Crippen LogP contribution in [0.5, 0.6) is 0 Å². The molecule has 1 aliphatic heterocycles. The van der Waals surface area contributed by atoms with Gasteiger partial charge in [0.2, 0.25) is 0 Å². The van der Waals surface area contributed by atoms with Crippen molar-refractivity contribution in [2.45, 2.75) is 89.9 Å². The maximum atomic E-state index is 11.9. The molecule has 134 valence electrons. The van der Waals surface area contributed by atoms with Crippen LogP contribution in [0.1, 0.15) is 66.2 Å². The number of ether oxygens (including phenoxy) is 1. The zero-order chi connectivity index (χ0) is 16.9. The van der Waals surface area contributed by atoms with Crippen molar-refractivity contribution in [2.75, 3.05) is 19.6 Å². The van der Waals surface area contributed by atoms with Crippen molar-refractivity contribution in [1.29, 1.82) is 0 Å². The molecule has 2 aliphatic rings. The van der Waals surface area contributed by atoms with Crippen LogP contribution >= 0.6 is 0 Å². The van der Waals surface area contributed by atoms with Crippen molar-refractivity contribution in [2.24, 2.45) is 0 Å². The van der Waals surface area contributed by atoms with E-state index in [1.807, 2.05) is 20.8 Å². The highest BCUT2D eigenvalue weighted by Gasteiger charge is 2.28. The highest BCUT2D eigenvalue weighted by molar-refractivity contribution is 5.68. The highest BCUT2D eigenvalue weighted by atomic mass is 16.6. The first kappa shape index (κ1) is 18.5. The lowest BCUT2D eigenvalue weighted by atomic mass is 9.90. The van der Waals surface area contributed by atoms with Gasteiger partial charge in [0.05, 0.1) is 0 Å². The van der Waals surface area contributed by atoms with E-state index < -0.39 is 5.60 Å². The van der Waals surface area contributed by atoms with Crippen molar-refractivity contribution >= 4 is 6.09 Å². The number of rotatable bonds is 4.